The van der Waals surface area contributed by atoms with Crippen LogP contribution in [0.5, 0.6) is 0 Å². The molecule has 0 radical (unpaired) electrons. The van der Waals surface area contributed by atoms with Crippen LogP contribution in [0.4, 0.5) is 0 Å². The summed E-state index contributed by atoms with van der Waals surface area (Å²) in [6.45, 7) is 2.01. The van der Waals surface area contributed by atoms with E-state index in [1.54, 1.807) is 0 Å². The van der Waals surface area contributed by atoms with E-state index >= 15 is 0 Å². The second-order valence-electron chi connectivity index (χ2n) is 4.56. The van der Waals surface area contributed by atoms with E-state index in [4.69, 9.17) is 16.7 Å². The van der Waals surface area contributed by atoms with Gasteiger partial charge in [-0.15, -0.1) is 0 Å². The Morgan fingerprint density at radius 2 is 1.74 bits per heavy atom. The van der Waals surface area contributed by atoms with Gasteiger partial charge in [0.05, 0.1) is 0 Å². The molecule has 2 aromatic carbocycles. The zero-order chi connectivity index (χ0) is 13.6. The number of benzene rings is 2. The van der Waals surface area contributed by atoms with Crippen molar-refractivity contribution in [3.8, 4) is 11.1 Å². The first-order valence-corrected chi connectivity index (χ1v) is 6.31. The molecule has 0 aliphatic heterocycles. The number of rotatable bonds is 1. The molecule has 2 aromatic rings. The maximum atomic E-state index is 11.0. The van der Waals surface area contributed by atoms with Gasteiger partial charge in [-0.1, -0.05) is 41.9 Å². The molecule has 2 nitrogen and oxygen atoms in total. The average Bonchev–Trinajstić information content (AvgIpc) is 2.66. The zero-order valence-corrected chi connectivity index (χ0v) is 11.0. The van der Waals surface area contributed by atoms with Gasteiger partial charge in [0.1, 0.15) is 0 Å². The number of fused-ring (bicyclic) bond motifs is 3. The summed E-state index contributed by atoms with van der Waals surface area (Å²) >= 11 is 6.30. The lowest BCUT2D eigenvalue weighted by Gasteiger charge is -2.05. The number of hydrogen-bond donors (Lipinski definition) is 1. The fourth-order valence-corrected chi connectivity index (χ4v) is 2.92. The highest BCUT2D eigenvalue weighted by Gasteiger charge is 2.27. The molecule has 0 unspecified atom stereocenters. The summed E-state index contributed by atoms with van der Waals surface area (Å²) in [6.07, 6.45) is 1.25. The van der Waals surface area contributed by atoms with Crippen molar-refractivity contribution in [2.75, 3.05) is 0 Å². The predicted octanol–water partition coefficient (Wildman–Crippen LogP) is 4.15. The number of carboxylic acids is 1. The topological polar surface area (TPSA) is 37.3 Å². The van der Waals surface area contributed by atoms with Gasteiger partial charge in [0, 0.05) is 16.7 Å². The molecule has 19 heavy (non-hydrogen) atoms. The standard InChI is InChI=1S/C16H11ClO2/c1-9-4-2-5-10-12(8-14(18)19)11-6-3-7-13(17)16(11)15(9)10/h2-8H,1H3,(H,18,19)/b12-8-. The highest BCUT2D eigenvalue weighted by Crippen LogP contribution is 2.48. The molecule has 0 amide bonds. The van der Waals surface area contributed by atoms with Crippen molar-refractivity contribution in [2.45, 2.75) is 6.92 Å². The Labute approximate surface area is 116 Å². The Morgan fingerprint density at radius 1 is 1.11 bits per heavy atom. The van der Waals surface area contributed by atoms with Gasteiger partial charge in [-0.05, 0) is 40.8 Å². The third-order valence-electron chi connectivity index (χ3n) is 3.38. The van der Waals surface area contributed by atoms with Crippen LogP contribution in [-0.2, 0) is 4.79 Å². The Kier molecular flexibility index (Phi) is 2.68. The van der Waals surface area contributed by atoms with Crippen molar-refractivity contribution < 1.29 is 9.90 Å². The zero-order valence-electron chi connectivity index (χ0n) is 10.3. The minimum absolute atomic E-state index is 0.654. The third-order valence-corrected chi connectivity index (χ3v) is 3.70. The molecule has 3 heteroatoms. The van der Waals surface area contributed by atoms with Gasteiger partial charge >= 0.3 is 5.97 Å². The molecular weight excluding hydrogens is 260 g/mol. The summed E-state index contributed by atoms with van der Waals surface area (Å²) in [7, 11) is 0. The van der Waals surface area contributed by atoms with Crippen LogP contribution >= 0.6 is 11.6 Å². The fraction of sp³-hybridized carbons (Fsp3) is 0.0625. The van der Waals surface area contributed by atoms with E-state index < -0.39 is 5.97 Å². The average molecular weight is 271 g/mol. The smallest absolute Gasteiger partial charge is 0.328 e. The van der Waals surface area contributed by atoms with E-state index in [1.165, 1.54) is 6.08 Å². The van der Waals surface area contributed by atoms with E-state index in [-0.39, 0.29) is 0 Å². The Morgan fingerprint density at radius 3 is 2.42 bits per heavy atom. The van der Waals surface area contributed by atoms with E-state index in [9.17, 15) is 4.79 Å². The van der Waals surface area contributed by atoms with E-state index in [0.717, 1.165) is 33.4 Å². The van der Waals surface area contributed by atoms with Crippen LogP contribution in [0, 0.1) is 6.92 Å². The maximum absolute atomic E-state index is 11.0. The summed E-state index contributed by atoms with van der Waals surface area (Å²) in [4.78, 5) is 11.0. The molecule has 0 spiro atoms. The quantitative estimate of drug-likeness (QED) is 0.675. The monoisotopic (exact) mass is 270 g/mol. The number of halogens is 1. The third kappa shape index (κ3) is 1.76. The van der Waals surface area contributed by atoms with Crippen LogP contribution < -0.4 is 0 Å². The van der Waals surface area contributed by atoms with Gasteiger partial charge in [0.2, 0.25) is 0 Å². The summed E-state index contributed by atoms with van der Waals surface area (Å²) < 4.78 is 0. The van der Waals surface area contributed by atoms with Gasteiger partial charge in [-0.2, -0.15) is 0 Å². The first-order valence-electron chi connectivity index (χ1n) is 5.93. The molecule has 0 bridgehead atoms. The van der Waals surface area contributed by atoms with Crippen LogP contribution in [0.15, 0.2) is 42.5 Å². The Balaban J connectivity index is 2.44. The number of carboxylic acid groups (broad SMARTS) is 1. The number of aliphatic carboxylic acids is 1. The van der Waals surface area contributed by atoms with Gasteiger partial charge in [0.25, 0.3) is 0 Å². The molecule has 0 aromatic heterocycles. The Hall–Kier alpha value is -2.06. The highest BCUT2D eigenvalue weighted by molar-refractivity contribution is 6.34. The highest BCUT2D eigenvalue weighted by atomic mass is 35.5. The van der Waals surface area contributed by atoms with Crippen molar-refractivity contribution in [3.63, 3.8) is 0 Å². The Bertz CT molecular complexity index is 676. The lowest BCUT2D eigenvalue weighted by Crippen LogP contribution is -1.91. The minimum Gasteiger partial charge on any atom is -0.478 e. The normalized spacial score (nSPS) is 14.3. The fourth-order valence-electron chi connectivity index (χ4n) is 2.65. The molecule has 1 aliphatic carbocycles. The summed E-state index contributed by atoms with van der Waals surface area (Å²) in [6, 6.07) is 11.5. The predicted molar refractivity (Wildman–Crippen MR) is 76.3 cm³/mol. The maximum Gasteiger partial charge on any atom is 0.328 e. The van der Waals surface area contributed by atoms with Crippen LogP contribution in [0.1, 0.15) is 16.7 Å². The van der Waals surface area contributed by atoms with Crippen LogP contribution in [0.2, 0.25) is 5.02 Å². The van der Waals surface area contributed by atoms with E-state index in [2.05, 4.69) is 0 Å². The molecule has 94 valence electrons. The number of aryl methyl sites for hydroxylation is 1. The largest absolute Gasteiger partial charge is 0.478 e. The van der Waals surface area contributed by atoms with Crippen LogP contribution in [-0.4, -0.2) is 11.1 Å². The van der Waals surface area contributed by atoms with Gasteiger partial charge in [-0.3, -0.25) is 0 Å². The first-order chi connectivity index (χ1) is 9.09. The SMILES string of the molecule is Cc1cccc2c1-c1c(Cl)cccc1/C2=C\C(=O)O. The first kappa shape index (κ1) is 12.0. The molecule has 0 heterocycles. The van der Waals surface area contributed by atoms with Crippen molar-refractivity contribution >= 4 is 23.1 Å². The molecule has 0 saturated heterocycles. The van der Waals surface area contributed by atoms with Crippen molar-refractivity contribution in [2.24, 2.45) is 0 Å². The van der Waals surface area contributed by atoms with Gasteiger partial charge < -0.3 is 5.11 Å². The summed E-state index contributed by atoms with van der Waals surface area (Å²) in [5.41, 5.74) is 5.62. The van der Waals surface area contributed by atoms with Gasteiger partial charge in [0.15, 0.2) is 0 Å². The number of hydrogen-bond acceptors (Lipinski definition) is 1. The molecule has 0 saturated carbocycles. The van der Waals surface area contributed by atoms with E-state index in [0.29, 0.717) is 5.02 Å². The summed E-state index contributed by atoms with van der Waals surface area (Å²) in [5, 5.41) is 9.71. The lowest BCUT2D eigenvalue weighted by molar-refractivity contribution is -0.131. The van der Waals surface area contributed by atoms with Gasteiger partial charge in [-0.25, -0.2) is 4.79 Å². The second-order valence-corrected chi connectivity index (χ2v) is 4.96. The van der Waals surface area contributed by atoms with Crippen molar-refractivity contribution in [1.82, 2.24) is 0 Å². The molecule has 1 aliphatic rings. The second kappa shape index (κ2) is 4.25. The molecule has 0 atom stereocenters. The molecule has 3 rings (SSSR count). The lowest BCUT2D eigenvalue weighted by atomic mass is 10.0. The van der Waals surface area contributed by atoms with Crippen LogP contribution in [0.3, 0.4) is 0 Å². The summed E-state index contributed by atoms with van der Waals surface area (Å²) in [5.74, 6) is -0.949. The van der Waals surface area contributed by atoms with Crippen LogP contribution in [0.25, 0.3) is 16.7 Å². The molecule has 1 N–H and O–H groups in total. The van der Waals surface area contributed by atoms with E-state index in [1.807, 2.05) is 43.3 Å². The molecular formula is C16H11ClO2. The van der Waals surface area contributed by atoms with Crippen molar-refractivity contribution in [1.29, 1.82) is 0 Å². The molecule has 0 fully saturated rings. The minimum atomic E-state index is -0.949. The van der Waals surface area contributed by atoms with Crippen molar-refractivity contribution in [3.05, 3.63) is 64.2 Å². The number of carbonyl (C=O) groups is 1.